The van der Waals surface area contributed by atoms with Gasteiger partial charge in [0.25, 0.3) is 5.91 Å². The van der Waals surface area contributed by atoms with Gasteiger partial charge in [0.1, 0.15) is 18.3 Å². The lowest BCUT2D eigenvalue weighted by atomic mass is 10.1. The van der Waals surface area contributed by atoms with Gasteiger partial charge in [0.15, 0.2) is 11.3 Å². The third-order valence-corrected chi connectivity index (χ3v) is 3.96. The molecule has 0 unspecified atom stereocenters. The van der Waals surface area contributed by atoms with Crippen LogP contribution in [0.1, 0.15) is 0 Å². The Morgan fingerprint density at radius 2 is 2.21 bits per heavy atom. The summed E-state index contributed by atoms with van der Waals surface area (Å²) in [5, 5.41) is 31.2. The van der Waals surface area contributed by atoms with Gasteiger partial charge in [-0.25, -0.2) is 0 Å². The van der Waals surface area contributed by atoms with Gasteiger partial charge >= 0.3 is 0 Å². The van der Waals surface area contributed by atoms with Crippen LogP contribution in [-0.4, -0.2) is 68.9 Å². The van der Waals surface area contributed by atoms with Gasteiger partial charge < -0.3 is 25.0 Å². The predicted molar refractivity (Wildman–Crippen MR) is 72.2 cm³/mol. The highest BCUT2D eigenvalue weighted by Crippen LogP contribution is 2.26. The molecule has 0 radical (unpaired) electrons. The van der Waals surface area contributed by atoms with Crippen LogP contribution in [0, 0.1) is 0 Å². The van der Waals surface area contributed by atoms with Gasteiger partial charge in [-0.3, -0.25) is 10.1 Å². The summed E-state index contributed by atoms with van der Waals surface area (Å²) in [5.74, 6) is -0.329. The molecule has 2 aliphatic heterocycles. The molecule has 2 saturated heterocycles. The van der Waals surface area contributed by atoms with Crippen molar-refractivity contribution in [2.24, 2.45) is 0 Å². The fraction of sp³-hybridized carbons (Fsp3) is 0.600. The molecule has 0 aromatic rings. The second kappa shape index (κ2) is 5.81. The van der Waals surface area contributed by atoms with E-state index in [2.05, 4.69) is 21.2 Å². The first-order valence-electron chi connectivity index (χ1n) is 5.53. The average Bonchev–Trinajstić information content (AvgIpc) is 2.67. The van der Waals surface area contributed by atoms with Crippen molar-refractivity contribution in [3.63, 3.8) is 0 Å². The third kappa shape index (κ3) is 2.67. The number of carbonyl (C=O) groups excluding carboxylic acids is 1. The van der Waals surface area contributed by atoms with Gasteiger partial charge in [0.05, 0.1) is 13.2 Å². The van der Waals surface area contributed by atoms with Crippen LogP contribution in [0.25, 0.3) is 0 Å². The van der Waals surface area contributed by atoms with Gasteiger partial charge in [-0.1, -0.05) is 15.9 Å². The molecule has 0 aromatic carbocycles. The molecule has 4 N–H and O–H groups in total. The summed E-state index contributed by atoms with van der Waals surface area (Å²) in [6.45, 7) is -0.272. The van der Waals surface area contributed by atoms with E-state index in [1.165, 1.54) is 9.89 Å². The zero-order valence-corrected chi connectivity index (χ0v) is 12.1. The third-order valence-electron chi connectivity index (χ3n) is 3.07. The van der Waals surface area contributed by atoms with Crippen molar-refractivity contribution >= 4 is 39.2 Å². The number of aliphatic hydroxyl groups excluding tert-OH is 3. The Morgan fingerprint density at radius 1 is 1.53 bits per heavy atom. The molecule has 0 aliphatic carbocycles. The van der Waals surface area contributed by atoms with Crippen LogP contribution >= 0.6 is 28.1 Å². The highest BCUT2D eigenvalue weighted by atomic mass is 79.9. The number of nitrogens with one attached hydrogen (secondary N) is 1. The second-order valence-electron chi connectivity index (χ2n) is 4.25. The van der Waals surface area contributed by atoms with Gasteiger partial charge in [0, 0.05) is 5.57 Å². The Kier molecular flexibility index (Phi) is 4.54. The quantitative estimate of drug-likeness (QED) is 0.351. The van der Waals surface area contributed by atoms with Gasteiger partial charge in [-0.2, -0.15) is 0 Å². The maximum absolute atomic E-state index is 11.5. The van der Waals surface area contributed by atoms with E-state index >= 15 is 0 Å². The Labute approximate surface area is 123 Å². The molecule has 4 atom stereocenters. The lowest BCUT2D eigenvalue weighted by Crippen LogP contribution is -2.57. The number of aliphatic hydroxyl groups is 3. The lowest BCUT2D eigenvalue weighted by molar-refractivity contribution is -0.119. The number of rotatable bonds is 2. The standard InChI is InChI=1S/C10H13BrN2O5S/c11-1-4-2-13(10(19)12-8(4)17)9-7(16)6(15)5(3-14)18-9/h1,5-7,9,14-16H,2-3H2,(H,12,17,19)/b4-1-/t5-,6-,7+,9-/m1/s1. The smallest absolute Gasteiger partial charge is 0.255 e. The fourth-order valence-electron chi connectivity index (χ4n) is 2.00. The largest absolute Gasteiger partial charge is 0.394 e. The topological polar surface area (TPSA) is 102 Å². The first-order valence-corrected chi connectivity index (χ1v) is 6.85. The molecule has 19 heavy (non-hydrogen) atoms. The SMILES string of the molecule is O=C1NC(=S)N([C@@H]2O[C@H](CO)[C@@H](O)[C@@H]2O)C/C1=C/Br. The highest BCUT2D eigenvalue weighted by molar-refractivity contribution is 9.11. The maximum atomic E-state index is 11.5. The minimum Gasteiger partial charge on any atom is -0.394 e. The number of amides is 1. The van der Waals surface area contributed by atoms with Crippen molar-refractivity contribution in [3.05, 3.63) is 10.6 Å². The molecular weight excluding hydrogens is 340 g/mol. The van der Waals surface area contributed by atoms with E-state index in [1.807, 2.05) is 0 Å². The molecule has 106 valence electrons. The molecule has 2 rings (SSSR count). The molecule has 2 aliphatic rings. The first kappa shape index (κ1) is 14.8. The number of halogens is 1. The van der Waals surface area contributed by atoms with Crippen LogP contribution in [0.2, 0.25) is 0 Å². The van der Waals surface area contributed by atoms with E-state index in [4.69, 9.17) is 22.1 Å². The summed E-state index contributed by atoms with van der Waals surface area (Å²) in [7, 11) is 0. The Bertz CT molecular complexity index is 432. The van der Waals surface area contributed by atoms with Crippen LogP contribution in [0.4, 0.5) is 0 Å². The number of ether oxygens (including phenoxy) is 1. The summed E-state index contributed by atoms with van der Waals surface area (Å²) < 4.78 is 5.37. The van der Waals surface area contributed by atoms with E-state index in [0.717, 1.165) is 0 Å². The Hall–Kier alpha value is -0.580. The maximum Gasteiger partial charge on any atom is 0.255 e. The molecule has 9 heteroatoms. The summed E-state index contributed by atoms with van der Waals surface area (Å²) in [4.78, 5) is 14.5. The van der Waals surface area contributed by atoms with Crippen molar-refractivity contribution in [1.82, 2.24) is 10.2 Å². The van der Waals surface area contributed by atoms with E-state index in [9.17, 15) is 15.0 Å². The van der Waals surface area contributed by atoms with Crippen LogP contribution in [0.5, 0.6) is 0 Å². The minimum atomic E-state index is -1.22. The summed E-state index contributed by atoms with van der Waals surface area (Å²) >= 11 is 8.10. The molecule has 2 heterocycles. The number of carbonyl (C=O) groups is 1. The molecule has 7 nitrogen and oxygen atoms in total. The zero-order valence-electron chi connectivity index (χ0n) is 9.69. The van der Waals surface area contributed by atoms with E-state index in [1.54, 1.807) is 0 Å². The number of hydrogen-bond donors (Lipinski definition) is 4. The first-order chi connectivity index (χ1) is 8.99. The zero-order chi connectivity index (χ0) is 14.2. The number of hydrogen-bond acceptors (Lipinski definition) is 6. The summed E-state index contributed by atoms with van der Waals surface area (Å²) in [6, 6.07) is 0. The molecule has 0 aromatic heterocycles. The normalized spacial score (nSPS) is 37.9. The molecule has 0 saturated carbocycles. The molecule has 2 fully saturated rings. The van der Waals surface area contributed by atoms with Gasteiger partial charge in [0.2, 0.25) is 0 Å². The molecule has 1 amide bonds. The van der Waals surface area contributed by atoms with E-state index < -0.39 is 31.1 Å². The van der Waals surface area contributed by atoms with Crippen molar-refractivity contribution < 1.29 is 24.9 Å². The molecule has 0 bridgehead atoms. The average molecular weight is 353 g/mol. The van der Waals surface area contributed by atoms with Crippen LogP contribution < -0.4 is 5.32 Å². The number of nitrogens with zero attached hydrogens (tertiary/aromatic N) is 1. The summed E-state index contributed by atoms with van der Waals surface area (Å²) in [6.07, 6.45) is -4.21. The summed E-state index contributed by atoms with van der Waals surface area (Å²) in [5.41, 5.74) is 0.409. The second-order valence-corrected chi connectivity index (χ2v) is 5.09. The van der Waals surface area contributed by atoms with Crippen molar-refractivity contribution in [2.75, 3.05) is 13.2 Å². The monoisotopic (exact) mass is 352 g/mol. The van der Waals surface area contributed by atoms with E-state index in [0.29, 0.717) is 5.57 Å². The van der Waals surface area contributed by atoms with Crippen LogP contribution in [0.15, 0.2) is 10.6 Å². The molecular formula is C10H13BrN2O5S. The molecule has 0 spiro atoms. The van der Waals surface area contributed by atoms with Gasteiger partial charge in [-0.15, -0.1) is 0 Å². The minimum absolute atomic E-state index is 0.109. The number of thiocarbonyl (C=S) groups is 1. The van der Waals surface area contributed by atoms with Crippen molar-refractivity contribution in [1.29, 1.82) is 0 Å². The fourth-order valence-corrected chi connectivity index (χ4v) is 2.62. The predicted octanol–water partition coefficient (Wildman–Crippen LogP) is -1.58. The highest BCUT2D eigenvalue weighted by Gasteiger charge is 2.47. The Balaban J connectivity index is 2.17. The lowest BCUT2D eigenvalue weighted by Gasteiger charge is -2.36. The van der Waals surface area contributed by atoms with Crippen molar-refractivity contribution in [3.8, 4) is 0 Å². The van der Waals surface area contributed by atoms with E-state index in [-0.39, 0.29) is 17.6 Å². The van der Waals surface area contributed by atoms with Crippen LogP contribution in [0.3, 0.4) is 0 Å². The van der Waals surface area contributed by atoms with Gasteiger partial charge in [-0.05, 0) is 17.2 Å². The van der Waals surface area contributed by atoms with Crippen LogP contribution in [-0.2, 0) is 9.53 Å². The Morgan fingerprint density at radius 3 is 2.74 bits per heavy atom. The van der Waals surface area contributed by atoms with Crippen molar-refractivity contribution in [2.45, 2.75) is 24.5 Å².